The lowest BCUT2D eigenvalue weighted by molar-refractivity contribution is -0.122. The van der Waals surface area contributed by atoms with Crippen molar-refractivity contribution in [1.82, 2.24) is 9.88 Å². The minimum atomic E-state index is -2.61. The fourth-order valence-electron chi connectivity index (χ4n) is 4.39. The Hall–Kier alpha value is -2.91. The van der Waals surface area contributed by atoms with E-state index >= 15 is 0 Å². The van der Waals surface area contributed by atoms with Gasteiger partial charge < -0.3 is 15.0 Å². The van der Waals surface area contributed by atoms with Gasteiger partial charge >= 0.3 is 0 Å². The topological polar surface area (TPSA) is 71.5 Å². The fraction of sp³-hybridized carbons (Fsp3) is 0.375. The summed E-state index contributed by atoms with van der Waals surface area (Å²) in [5.41, 5.74) is 1.21. The van der Waals surface area contributed by atoms with Crippen molar-refractivity contribution in [2.45, 2.75) is 32.2 Å². The molecule has 0 spiro atoms. The molecule has 2 aliphatic rings. The summed E-state index contributed by atoms with van der Waals surface area (Å²) in [6, 6.07) is 9.70. The molecule has 0 unspecified atom stereocenters. The lowest BCUT2D eigenvalue weighted by Gasteiger charge is -2.26. The number of hydrogen-bond acceptors (Lipinski definition) is 5. The third-order valence-electron chi connectivity index (χ3n) is 6.24. The first-order valence-electron chi connectivity index (χ1n) is 11.0. The van der Waals surface area contributed by atoms with Crippen LogP contribution < -0.4 is 5.32 Å². The Bertz CT molecular complexity index is 1210. The van der Waals surface area contributed by atoms with E-state index in [4.69, 9.17) is 4.74 Å². The number of rotatable bonds is 4. The molecule has 1 N–H and O–H groups in total. The molecule has 2 amide bonds. The zero-order chi connectivity index (χ0) is 22.9. The summed E-state index contributed by atoms with van der Waals surface area (Å²) < 4.78 is 32.2. The van der Waals surface area contributed by atoms with Crippen LogP contribution in [0.4, 0.5) is 13.9 Å². The summed E-state index contributed by atoms with van der Waals surface area (Å²) >= 11 is 1.39. The smallest absolute Gasteiger partial charge is 0.264 e. The number of carbonyl (C=O) groups excluding carboxylic acids is 2. The molecule has 0 bridgehead atoms. The molecule has 33 heavy (non-hydrogen) atoms. The number of benzene rings is 2. The van der Waals surface area contributed by atoms with Gasteiger partial charge in [-0.05, 0) is 35.7 Å². The van der Waals surface area contributed by atoms with Crippen LogP contribution in [-0.4, -0.2) is 41.5 Å². The molecule has 5 rings (SSSR count). The molecule has 2 aliphatic heterocycles. The van der Waals surface area contributed by atoms with Crippen LogP contribution in [0.3, 0.4) is 0 Å². The van der Waals surface area contributed by atoms with Crippen LogP contribution in [0.2, 0.25) is 0 Å². The van der Waals surface area contributed by atoms with E-state index < -0.39 is 6.43 Å². The van der Waals surface area contributed by atoms with Gasteiger partial charge in [-0.1, -0.05) is 35.6 Å². The van der Waals surface area contributed by atoms with Crippen molar-refractivity contribution in [1.29, 1.82) is 0 Å². The standard InChI is InChI=1S/C24H23F2N3O3S/c25-21(26)17-3-1-2-14-4-5-16(12-18(14)17)23(31)29-9-6-19-20(13-29)33-24(27-19)28-22(30)15-7-10-32-11-8-15/h1-5,12,15,21H,6-11,13H2,(H,27,28,30). The molecule has 3 heterocycles. The number of anilines is 1. The van der Waals surface area contributed by atoms with Crippen LogP contribution in [0.1, 0.15) is 45.8 Å². The van der Waals surface area contributed by atoms with Crippen molar-refractivity contribution < 1.29 is 23.1 Å². The monoisotopic (exact) mass is 471 g/mol. The highest BCUT2D eigenvalue weighted by molar-refractivity contribution is 7.15. The first-order chi connectivity index (χ1) is 16.0. The highest BCUT2D eigenvalue weighted by Crippen LogP contribution is 2.32. The molecular weight excluding hydrogens is 448 g/mol. The number of halogens is 2. The maximum absolute atomic E-state index is 13.4. The maximum Gasteiger partial charge on any atom is 0.264 e. The minimum Gasteiger partial charge on any atom is -0.381 e. The van der Waals surface area contributed by atoms with Gasteiger partial charge in [-0.15, -0.1) is 0 Å². The third-order valence-corrected chi connectivity index (χ3v) is 7.24. The van der Waals surface area contributed by atoms with Gasteiger partial charge in [-0.3, -0.25) is 9.59 Å². The van der Waals surface area contributed by atoms with Gasteiger partial charge in [0.15, 0.2) is 5.13 Å². The fourth-order valence-corrected chi connectivity index (χ4v) is 5.42. The van der Waals surface area contributed by atoms with E-state index in [0.717, 1.165) is 10.6 Å². The number of alkyl halides is 2. The van der Waals surface area contributed by atoms with Gasteiger partial charge in [0.25, 0.3) is 12.3 Å². The molecule has 9 heteroatoms. The molecule has 172 valence electrons. The molecule has 0 aliphatic carbocycles. The zero-order valence-electron chi connectivity index (χ0n) is 17.9. The molecule has 0 radical (unpaired) electrons. The molecule has 1 saturated heterocycles. The number of aromatic nitrogens is 1. The van der Waals surface area contributed by atoms with E-state index in [1.54, 1.807) is 35.2 Å². The number of fused-ring (bicyclic) bond motifs is 2. The first kappa shape index (κ1) is 21.9. The second-order valence-electron chi connectivity index (χ2n) is 8.33. The van der Waals surface area contributed by atoms with Crippen LogP contribution in [0.15, 0.2) is 36.4 Å². The van der Waals surface area contributed by atoms with E-state index in [-0.39, 0.29) is 23.3 Å². The maximum atomic E-state index is 13.4. The normalized spacial score (nSPS) is 16.8. The lowest BCUT2D eigenvalue weighted by atomic mass is 10.00. The largest absolute Gasteiger partial charge is 0.381 e. The quantitative estimate of drug-likeness (QED) is 0.594. The van der Waals surface area contributed by atoms with Crippen LogP contribution in [0, 0.1) is 5.92 Å². The predicted octanol–water partition coefficient (Wildman–Crippen LogP) is 4.80. The molecule has 1 fully saturated rings. The number of amides is 2. The predicted molar refractivity (Wildman–Crippen MR) is 122 cm³/mol. The van der Waals surface area contributed by atoms with Gasteiger partial charge in [0.05, 0.1) is 12.2 Å². The van der Waals surface area contributed by atoms with Gasteiger partial charge in [-0.2, -0.15) is 0 Å². The molecule has 6 nitrogen and oxygen atoms in total. The van der Waals surface area contributed by atoms with Crippen molar-refractivity contribution in [3.63, 3.8) is 0 Å². The van der Waals surface area contributed by atoms with Gasteiger partial charge in [0.2, 0.25) is 5.91 Å². The Labute approximate surface area is 193 Å². The summed E-state index contributed by atoms with van der Waals surface area (Å²) in [7, 11) is 0. The summed E-state index contributed by atoms with van der Waals surface area (Å²) in [6.07, 6.45) is -0.611. The summed E-state index contributed by atoms with van der Waals surface area (Å²) in [5.74, 6) is -0.306. The van der Waals surface area contributed by atoms with Crippen LogP contribution >= 0.6 is 11.3 Å². The molecule has 0 atom stereocenters. The number of nitrogens with zero attached hydrogens (tertiary/aromatic N) is 2. The third kappa shape index (κ3) is 4.47. The molecule has 3 aromatic rings. The Balaban J connectivity index is 1.31. The van der Waals surface area contributed by atoms with E-state index in [0.29, 0.717) is 67.0 Å². The summed E-state index contributed by atoms with van der Waals surface area (Å²) in [5, 5.41) is 4.55. The number of ether oxygens (including phenoxy) is 1. The van der Waals surface area contributed by atoms with E-state index in [1.807, 2.05) is 0 Å². The lowest BCUT2D eigenvalue weighted by Crippen LogP contribution is -2.35. The number of nitrogens with one attached hydrogen (secondary N) is 1. The Morgan fingerprint density at radius 2 is 2.00 bits per heavy atom. The van der Waals surface area contributed by atoms with Crippen molar-refractivity contribution in [2.75, 3.05) is 25.1 Å². The summed E-state index contributed by atoms with van der Waals surface area (Å²) in [6.45, 7) is 2.05. The Morgan fingerprint density at radius 1 is 1.18 bits per heavy atom. The van der Waals surface area contributed by atoms with E-state index in [9.17, 15) is 18.4 Å². The average Bonchev–Trinajstić information content (AvgIpc) is 3.24. The first-order valence-corrected chi connectivity index (χ1v) is 11.8. The molecular formula is C24H23F2N3O3S. The highest BCUT2D eigenvalue weighted by atomic mass is 32.1. The highest BCUT2D eigenvalue weighted by Gasteiger charge is 2.27. The second kappa shape index (κ2) is 9.15. The van der Waals surface area contributed by atoms with E-state index in [2.05, 4.69) is 10.3 Å². The van der Waals surface area contributed by atoms with Gasteiger partial charge in [-0.25, -0.2) is 13.8 Å². The van der Waals surface area contributed by atoms with Gasteiger partial charge in [0.1, 0.15) is 0 Å². The number of thiazole rings is 1. The van der Waals surface area contributed by atoms with Crippen molar-refractivity contribution in [3.8, 4) is 0 Å². The van der Waals surface area contributed by atoms with E-state index in [1.165, 1.54) is 17.4 Å². The van der Waals surface area contributed by atoms with Crippen LogP contribution in [0.5, 0.6) is 0 Å². The average molecular weight is 472 g/mol. The number of carbonyl (C=O) groups is 2. The Morgan fingerprint density at radius 3 is 2.79 bits per heavy atom. The van der Waals surface area contributed by atoms with Gasteiger partial charge in [0, 0.05) is 48.1 Å². The molecule has 2 aromatic carbocycles. The SMILES string of the molecule is O=C(Nc1nc2c(s1)CN(C(=O)c1ccc3cccc(C(F)F)c3c1)CC2)C1CCOCC1. The summed E-state index contributed by atoms with van der Waals surface area (Å²) in [4.78, 5) is 32.9. The van der Waals surface area contributed by atoms with Crippen LogP contribution in [-0.2, 0) is 22.5 Å². The second-order valence-corrected chi connectivity index (χ2v) is 9.41. The zero-order valence-corrected chi connectivity index (χ0v) is 18.7. The van der Waals surface area contributed by atoms with Crippen LogP contribution in [0.25, 0.3) is 10.8 Å². The Kier molecular flexibility index (Phi) is 6.07. The minimum absolute atomic E-state index is 0.0386. The van der Waals surface area contributed by atoms with Crippen molar-refractivity contribution >= 4 is 39.1 Å². The van der Waals surface area contributed by atoms with Crippen molar-refractivity contribution in [3.05, 3.63) is 58.1 Å². The van der Waals surface area contributed by atoms with Crippen molar-refractivity contribution in [2.24, 2.45) is 5.92 Å². The molecule has 0 saturated carbocycles. The number of hydrogen-bond donors (Lipinski definition) is 1. The molecule has 1 aromatic heterocycles.